The fourth-order valence-electron chi connectivity index (χ4n) is 4.74. The lowest BCUT2D eigenvalue weighted by atomic mass is 9.74. The van der Waals surface area contributed by atoms with Crippen molar-refractivity contribution < 1.29 is 31.8 Å². The van der Waals surface area contributed by atoms with Crippen molar-refractivity contribution in [3.8, 4) is 5.75 Å². The number of hydrogen-bond acceptors (Lipinski definition) is 5. The first-order valence-electron chi connectivity index (χ1n) is 10.1. The van der Waals surface area contributed by atoms with Gasteiger partial charge in [-0.3, -0.25) is 0 Å². The molecule has 0 aromatic heterocycles. The second kappa shape index (κ2) is 8.31. The van der Waals surface area contributed by atoms with Gasteiger partial charge in [0.1, 0.15) is 10.6 Å². The van der Waals surface area contributed by atoms with Gasteiger partial charge < -0.3 is 14.6 Å². The highest BCUT2D eigenvalue weighted by molar-refractivity contribution is 7.92. The largest absolute Gasteiger partial charge is 0.490 e. The van der Waals surface area contributed by atoms with Gasteiger partial charge in [-0.05, 0) is 62.6 Å². The number of ether oxygens (including phenoxy) is 2. The fraction of sp³-hybridized carbons (Fsp3) is 0.455. The number of sulfone groups is 1. The second-order valence-electron chi connectivity index (χ2n) is 8.08. The smallest absolute Gasteiger partial charge is 0.189 e. The molecular weight excluding hydrogens is 450 g/mol. The zero-order chi connectivity index (χ0) is 22.4. The van der Waals surface area contributed by atoms with Crippen LogP contribution in [0.3, 0.4) is 0 Å². The molecule has 0 amide bonds. The summed E-state index contributed by atoms with van der Waals surface area (Å²) in [5, 5.41) is 10.1. The predicted octanol–water partition coefficient (Wildman–Crippen LogP) is 4.25. The van der Waals surface area contributed by atoms with Crippen LogP contribution in [-0.2, 0) is 19.3 Å². The Balaban J connectivity index is 1.95. The molecular formula is C22H23ClF2O5S. The average molecular weight is 473 g/mol. The zero-order valence-electron chi connectivity index (χ0n) is 16.9. The van der Waals surface area contributed by atoms with Gasteiger partial charge in [-0.1, -0.05) is 11.6 Å². The normalized spacial score (nSPS) is 26.5. The van der Waals surface area contributed by atoms with Crippen LogP contribution >= 0.6 is 11.6 Å². The molecule has 31 heavy (non-hydrogen) atoms. The Kier molecular flexibility index (Phi) is 6.02. The molecule has 2 aliphatic rings. The first kappa shape index (κ1) is 22.5. The zero-order valence-corrected chi connectivity index (χ0v) is 18.4. The number of fused-ring (bicyclic) bond motifs is 3. The quantitative estimate of drug-likeness (QED) is 0.704. The van der Waals surface area contributed by atoms with Crippen molar-refractivity contribution in [2.24, 2.45) is 5.92 Å². The average Bonchev–Trinajstić information content (AvgIpc) is 2.74. The summed E-state index contributed by atoms with van der Waals surface area (Å²) in [6, 6.07) is 7.51. The van der Waals surface area contributed by atoms with E-state index in [0.717, 1.165) is 12.1 Å². The molecule has 0 bridgehead atoms. The summed E-state index contributed by atoms with van der Waals surface area (Å²) in [5.74, 6) is -2.81. The van der Waals surface area contributed by atoms with E-state index in [1.807, 2.05) is 0 Å². The van der Waals surface area contributed by atoms with Gasteiger partial charge in [-0.25, -0.2) is 17.2 Å². The molecule has 2 heterocycles. The molecule has 2 aromatic carbocycles. The highest BCUT2D eigenvalue weighted by atomic mass is 35.5. The van der Waals surface area contributed by atoms with Crippen molar-refractivity contribution in [3.05, 3.63) is 58.6 Å². The number of benzene rings is 2. The van der Waals surface area contributed by atoms with E-state index in [-0.39, 0.29) is 35.8 Å². The van der Waals surface area contributed by atoms with E-state index < -0.39 is 44.3 Å². The molecule has 1 unspecified atom stereocenters. The molecule has 1 fully saturated rings. The van der Waals surface area contributed by atoms with E-state index in [4.69, 9.17) is 21.1 Å². The van der Waals surface area contributed by atoms with E-state index in [1.165, 1.54) is 24.3 Å². The van der Waals surface area contributed by atoms with E-state index in [0.29, 0.717) is 17.9 Å². The van der Waals surface area contributed by atoms with Crippen LogP contribution in [0, 0.1) is 17.6 Å². The molecule has 1 N–H and O–H groups in total. The van der Waals surface area contributed by atoms with Crippen LogP contribution in [0.5, 0.6) is 5.75 Å². The third-order valence-corrected chi connectivity index (χ3v) is 9.03. The molecule has 1 saturated heterocycles. The maximum Gasteiger partial charge on any atom is 0.189 e. The van der Waals surface area contributed by atoms with Gasteiger partial charge in [0, 0.05) is 17.5 Å². The maximum atomic E-state index is 15.2. The van der Waals surface area contributed by atoms with Crippen LogP contribution in [0.25, 0.3) is 0 Å². The van der Waals surface area contributed by atoms with Crippen molar-refractivity contribution in [1.82, 2.24) is 0 Å². The third-order valence-electron chi connectivity index (χ3n) is 6.21. The number of aliphatic hydroxyl groups is 1. The van der Waals surface area contributed by atoms with Crippen LogP contribution in [0.1, 0.15) is 31.7 Å². The Morgan fingerprint density at radius 3 is 2.55 bits per heavy atom. The number of aliphatic hydroxyl groups excluding tert-OH is 1. The maximum absolute atomic E-state index is 15.2. The lowest BCUT2D eigenvalue weighted by Crippen LogP contribution is -2.57. The Bertz CT molecular complexity index is 1070. The van der Waals surface area contributed by atoms with Crippen LogP contribution in [0.15, 0.2) is 41.3 Å². The van der Waals surface area contributed by atoms with Gasteiger partial charge in [0.25, 0.3) is 0 Å². The number of rotatable bonds is 5. The molecule has 168 valence electrons. The highest BCUT2D eigenvalue weighted by Crippen LogP contribution is 2.56. The van der Waals surface area contributed by atoms with Crippen LogP contribution in [-0.4, -0.2) is 38.9 Å². The molecule has 2 aliphatic heterocycles. The lowest BCUT2D eigenvalue weighted by Gasteiger charge is -2.50. The van der Waals surface area contributed by atoms with Crippen molar-refractivity contribution in [2.45, 2.75) is 48.0 Å². The van der Waals surface area contributed by atoms with E-state index in [9.17, 15) is 17.9 Å². The fourth-order valence-corrected chi connectivity index (χ4v) is 7.21. The highest BCUT2D eigenvalue weighted by Gasteiger charge is 2.61. The molecule has 9 heteroatoms. The summed E-state index contributed by atoms with van der Waals surface area (Å²) < 4.78 is 67.6. The van der Waals surface area contributed by atoms with Crippen molar-refractivity contribution in [3.63, 3.8) is 0 Å². The van der Waals surface area contributed by atoms with Crippen molar-refractivity contribution in [2.75, 3.05) is 13.2 Å². The number of hydrogen-bond donors (Lipinski definition) is 1. The molecule has 2 aromatic rings. The minimum absolute atomic E-state index is 0.0328. The minimum atomic E-state index is -4.21. The Morgan fingerprint density at radius 1 is 1.19 bits per heavy atom. The molecule has 5 nitrogen and oxygen atoms in total. The van der Waals surface area contributed by atoms with Gasteiger partial charge >= 0.3 is 0 Å². The molecule has 4 rings (SSSR count). The van der Waals surface area contributed by atoms with E-state index in [2.05, 4.69) is 0 Å². The van der Waals surface area contributed by atoms with Crippen molar-refractivity contribution in [1.29, 1.82) is 0 Å². The van der Waals surface area contributed by atoms with Gasteiger partial charge in [-0.15, -0.1) is 0 Å². The summed E-state index contributed by atoms with van der Waals surface area (Å²) in [7, 11) is -4.21. The molecule has 0 spiro atoms. The monoisotopic (exact) mass is 472 g/mol. The predicted molar refractivity (Wildman–Crippen MR) is 111 cm³/mol. The van der Waals surface area contributed by atoms with Crippen LogP contribution in [0.2, 0.25) is 5.02 Å². The Hall–Kier alpha value is -1.74. The summed E-state index contributed by atoms with van der Waals surface area (Å²) in [5.41, 5.74) is -0.288. The summed E-state index contributed by atoms with van der Waals surface area (Å²) >= 11 is 5.94. The van der Waals surface area contributed by atoms with Crippen LogP contribution in [0.4, 0.5) is 8.78 Å². The van der Waals surface area contributed by atoms with Crippen LogP contribution < -0.4 is 4.74 Å². The summed E-state index contributed by atoms with van der Waals surface area (Å²) in [6.07, 6.45) is -0.545. The van der Waals surface area contributed by atoms with Gasteiger partial charge in [0.2, 0.25) is 0 Å². The summed E-state index contributed by atoms with van der Waals surface area (Å²) in [4.78, 5) is -0.0328. The third kappa shape index (κ3) is 3.63. The molecule has 4 atom stereocenters. The lowest BCUT2D eigenvalue weighted by molar-refractivity contribution is -0.0795. The van der Waals surface area contributed by atoms with E-state index in [1.54, 1.807) is 6.92 Å². The van der Waals surface area contributed by atoms with E-state index >= 15 is 4.39 Å². The first-order chi connectivity index (χ1) is 14.7. The molecule has 0 radical (unpaired) electrons. The SMILES string of the molecule is CC(O)CC[C@H]1OCC[C@]2(S(=O)(=O)c3ccc(Cl)cc3)c3c(F)ccc(F)c3OC[C@H]12. The molecule has 0 saturated carbocycles. The second-order valence-corrected chi connectivity index (χ2v) is 10.7. The van der Waals surface area contributed by atoms with Gasteiger partial charge in [0.15, 0.2) is 21.4 Å². The minimum Gasteiger partial charge on any atom is -0.490 e. The topological polar surface area (TPSA) is 72.8 Å². The van der Waals surface area contributed by atoms with Gasteiger partial charge in [0.05, 0.1) is 29.3 Å². The summed E-state index contributed by atoms with van der Waals surface area (Å²) in [6.45, 7) is 1.52. The van der Waals surface area contributed by atoms with Gasteiger partial charge in [-0.2, -0.15) is 0 Å². The number of halogens is 3. The molecule has 0 aliphatic carbocycles. The van der Waals surface area contributed by atoms with Crippen molar-refractivity contribution >= 4 is 21.4 Å². The first-order valence-corrected chi connectivity index (χ1v) is 12.0. The Morgan fingerprint density at radius 2 is 1.87 bits per heavy atom. The standard InChI is InChI=1S/C22H23ClF2O5S/c1-13(26)2-9-19-16-12-30-21-18(25)8-7-17(24)20(21)22(16,10-11-29-19)31(27,28)15-5-3-14(23)4-6-15/h3-8,13,16,19,26H,2,9-12H2,1H3/t13?,16-,19-,22-/m1/s1. The Labute approximate surface area is 184 Å².